The summed E-state index contributed by atoms with van der Waals surface area (Å²) in [6, 6.07) is 18.2. The van der Waals surface area contributed by atoms with E-state index in [1.54, 1.807) is 0 Å². The summed E-state index contributed by atoms with van der Waals surface area (Å²) in [5, 5.41) is 0. The predicted molar refractivity (Wildman–Crippen MR) is 113 cm³/mol. The van der Waals surface area contributed by atoms with E-state index < -0.39 is 0 Å². The Hall–Kier alpha value is -2.58. The molecule has 0 aliphatic carbocycles. The summed E-state index contributed by atoms with van der Waals surface area (Å²) in [6.07, 6.45) is 4.02. The van der Waals surface area contributed by atoms with Gasteiger partial charge in [0.25, 0.3) is 0 Å². The van der Waals surface area contributed by atoms with Crippen molar-refractivity contribution in [2.24, 2.45) is 5.73 Å². The fraction of sp³-hybridized carbons (Fsp3) is 0.333. The standard InChI is InChI=1S/C24H28N2O2/c25-14-4-7-22(9-8-21-5-2-1-3-6-21)23-10-12-24(13-11-23)28-20-17-26-15-18-27-19-16-26/h1-7,10-13,22H,14-20,25H2. The summed E-state index contributed by atoms with van der Waals surface area (Å²) in [7, 11) is 0. The molecule has 1 saturated heterocycles. The molecule has 4 heteroatoms. The minimum Gasteiger partial charge on any atom is -0.492 e. The van der Waals surface area contributed by atoms with Gasteiger partial charge in [-0.15, -0.1) is 0 Å². The topological polar surface area (TPSA) is 47.7 Å². The number of nitrogens with two attached hydrogens (primary N) is 1. The molecule has 0 radical (unpaired) electrons. The van der Waals surface area contributed by atoms with Gasteiger partial charge in [-0.05, 0) is 29.8 Å². The first-order chi connectivity index (χ1) is 13.8. The number of morpholine rings is 1. The molecule has 1 aliphatic rings. The number of benzene rings is 2. The van der Waals surface area contributed by atoms with Crippen LogP contribution in [0, 0.1) is 11.8 Å². The van der Waals surface area contributed by atoms with Crippen molar-refractivity contribution in [1.29, 1.82) is 0 Å². The Morgan fingerprint density at radius 1 is 1.07 bits per heavy atom. The van der Waals surface area contributed by atoms with E-state index in [0.29, 0.717) is 13.2 Å². The van der Waals surface area contributed by atoms with Gasteiger partial charge in [0.2, 0.25) is 0 Å². The second kappa shape index (κ2) is 11.3. The van der Waals surface area contributed by atoms with Gasteiger partial charge in [-0.3, -0.25) is 4.90 Å². The molecule has 3 rings (SSSR count). The van der Waals surface area contributed by atoms with Crippen molar-refractivity contribution in [1.82, 2.24) is 4.90 Å². The average Bonchev–Trinajstić information content (AvgIpc) is 2.76. The lowest BCUT2D eigenvalue weighted by atomic mass is 9.98. The summed E-state index contributed by atoms with van der Waals surface area (Å²) >= 11 is 0. The van der Waals surface area contributed by atoms with Gasteiger partial charge in [-0.25, -0.2) is 0 Å². The number of allylic oxidation sites excluding steroid dienone is 1. The van der Waals surface area contributed by atoms with Crippen LogP contribution in [-0.4, -0.2) is 50.9 Å². The molecule has 1 atom stereocenters. The van der Waals surface area contributed by atoms with Gasteiger partial charge < -0.3 is 15.2 Å². The van der Waals surface area contributed by atoms with Crippen molar-refractivity contribution in [2.45, 2.75) is 5.92 Å². The summed E-state index contributed by atoms with van der Waals surface area (Å²) in [6.45, 7) is 5.72. The van der Waals surface area contributed by atoms with Crippen molar-refractivity contribution < 1.29 is 9.47 Å². The smallest absolute Gasteiger partial charge is 0.119 e. The summed E-state index contributed by atoms with van der Waals surface area (Å²) in [5.41, 5.74) is 7.78. The lowest BCUT2D eigenvalue weighted by Gasteiger charge is -2.26. The SMILES string of the molecule is NCC=CC(C#Cc1ccccc1)c1ccc(OCCN2CCOCC2)cc1. The molecule has 2 aromatic rings. The first-order valence-electron chi connectivity index (χ1n) is 9.81. The lowest BCUT2D eigenvalue weighted by molar-refractivity contribution is 0.0322. The van der Waals surface area contributed by atoms with Crippen LogP contribution in [0.2, 0.25) is 0 Å². The number of hydrogen-bond acceptors (Lipinski definition) is 4. The molecular weight excluding hydrogens is 348 g/mol. The van der Waals surface area contributed by atoms with Gasteiger partial charge >= 0.3 is 0 Å². The zero-order chi connectivity index (χ0) is 19.4. The van der Waals surface area contributed by atoms with Gasteiger partial charge in [-0.1, -0.05) is 54.3 Å². The maximum absolute atomic E-state index is 5.90. The highest BCUT2D eigenvalue weighted by molar-refractivity contribution is 5.41. The van der Waals surface area contributed by atoms with Gasteiger partial charge in [0, 0.05) is 31.7 Å². The van der Waals surface area contributed by atoms with Crippen LogP contribution in [0.1, 0.15) is 17.0 Å². The molecule has 2 N–H and O–H groups in total. The predicted octanol–water partition coefficient (Wildman–Crippen LogP) is 3.05. The summed E-state index contributed by atoms with van der Waals surface area (Å²) in [4.78, 5) is 2.37. The van der Waals surface area contributed by atoms with Crippen LogP contribution in [0.5, 0.6) is 5.75 Å². The minimum absolute atomic E-state index is 0.00570. The van der Waals surface area contributed by atoms with E-state index >= 15 is 0 Å². The molecule has 1 unspecified atom stereocenters. The van der Waals surface area contributed by atoms with E-state index in [2.05, 4.69) is 34.9 Å². The Bertz CT molecular complexity index is 785. The quantitative estimate of drug-likeness (QED) is 0.596. The second-order valence-corrected chi connectivity index (χ2v) is 6.65. The third kappa shape index (κ3) is 6.54. The Kier molecular flexibility index (Phi) is 8.14. The van der Waals surface area contributed by atoms with Crippen LogP contribution in [0.3, 0.4) is 0 Å². The molecule has 4 nitrogen and oxygen atoms in total. The molecule has 0 aromatic heterocycles. The van der Waals surface area contributed by atoms with Crippen molar-refractivity contribution in [2.75, 3.05) is 46.0 Å². The molecule has 1 aliphatic heterocycles. The van der Waals surface area contributed by atoms with Crippen LogP contribution in [-0.2, 0) is 4.74 Å². The van der Waals surface area contributed by atoms with Crippen molar-refractivity contribution in [3.05, 3.63) is 77.9 Å². The number of rotatable bonds is 7. The number of hydrogen-bond donors (Lipinski definition) is 1. The van der Waals surface area contributed by atoms with E-state index in [-0.39, 0.29) is 5.92 Å². The van der Waals surface area contributed by atoms with Crippen LogP contribution in [0.25, 0.3) is 0 Å². The Morgan fingerprint density at radius 2 is 1.82 bits per heavy atom. The van der Waals surface area contributed by atoms with Gasteiger partial charge in [0.05, 0.1) is 19.1 Å². The number of nitrogens with zero attached hydrogens (tertiary/aromatic N) is 1. The zero-order valence-electron chi connectivity index (χ0n) is 16.2. The van der Waals surface area contributed by atoms with Gasteiger partial charge in [0.1, 0.15) is 12.4 Å². The number of ether oxygens (including phenoxy) is 2. The van der Waals surface area contributed by atoms with Crippen LogP contribution in [0.15, 0.2) is 66.7 Å². The Balaban J connectivity index is 1.59. The van der Waals surface area contributed by atoms with E-state index in [1.807, 2.05) is 48.5 Å². The monoisotopic (exact) mass is 376 g/mol. The highest BCUT2D eigenvalue weighted by Gasteiger charge is 2.10. The van der Waals surface area contributed by atoms with E-state index in [4.69, 9.17) is 15.2 Å². The van der Waals surface area contributed by atoms with Crippen LogP contribution in [0.4, 0.5) is 0 Å². The molecule has 0 amide bonds. The largest absolute Gasteiger partial charge is 0.492 e. The molecular formula is C24H28N2O2. The van der Waals surface area contributed by atoms with Crippen LogP contribution >= 0.6 is 0 Å². The molecule has 1 heterocycles. The molecule has 2 aromatic carbocycles. The molecule has 0 saturated carbocycles. The Labute approximate surface area is 167 Å². The average molecular weight is 377 g/mol. The molecule has 0 bridgehead atoms. The third-order valence-corrected chi connectivity index (χ3v) is 4.63. The van der Waals surface area contributed by atoms with Gasteiger partial charge in [-0.2, -0.15) is 0 Å². The summed E-state index contributed by atoms with van der Waals surface area (Å²) in [5.74, 6) is 7.48. The molecule has 0 spiro atoms. The highest BCUT2D eigenvalue weighted by Crippen LogP contribution is 2.21. The van der Waals surface area contributed by atoms with Gasteiger partial charge in [0.15, 0.2) is 0 Å². The van der Waals surface area contributed by atoms with E-state index in [1.165, 1.54) is 0 Å². The second-order valence-electron chi connectivity index (χ2n) is 6.65. The maximum atomic E-state index is 5.90. The first-order valence-corrected chi connectivity index (χ1v) is 9.81. The van der Waals surface area contributed by atoms with E-state index in [9.17, 15) is 0 Å². The Morgan fingerprint density at radius 3 is 2.54 bits per heavy atom. The zero-order valence-corrected chi connectivity index (χ0v) is 16.2. The maximum Gasteiger partial charge on any atom is 0.119 e. The fourth-order valence-corrected chi connectivity index (χ4v) is 3.03. The van der Waals surface area contributed by atoms with Crippen LogP contribution < -0.4 is 10.5 Å². The normalized spacial score (nSPS) is 15.8. The fourth-order valence-electron chi connectivity index (χ4n) is 3.03. The third-order valence-electron chi connectivity index (χ3n) is 4.63. The molecule has 28 heavy (non-hydrogen) atoms. The lowest BCUT2D eigenvalue weighted by Crippen LogP contribution is -2.38. The first kappa shape index (κ1) is 20.2. The van der Waals surface area contributed by atoms with Crippen molar-refractivity contribution >= 4 is 0 Å². The summed E-state index contributed by atoms with van der Waals surface area (Å²) < 4.78 is 11.3. The molecule has 146 valence electrons. The minimum atomic E-state index is 0.00570. The van der Waals surface area contributed by atoms with E-state index in [0.717, 1.165) is 49.7 Å². The highest BCUT2D eigenvalue weighted by atomic mass is 16.5. The van der Waals surface area contributed by atoms with Crippen molar-refractivity contribution in [3.8, 4) is 17.6 Å². The molecule has 1 fully saturated rings. The van der Waals surface area contributed by atoms with Crippen molar-refractivity contribution in [3.63, 3.8) is 0 Å².